The van der Waals surface area contributed by atoms with Gasteiger partial charge in [0.25, 0.3) is 0 Å². The molecule has 26 heavy (non-hydrogen) atoms. The summed E-state index contributed by atoms with van der Waals surface area (Å²) in [5, 5.41) is 3.39. The first-order valence-electron chi connectivity index (χ1n) is 8.51. The highest BCUT2D eigenvalue weighted by molar-refractivity contribution is 6.30. The van der Waals surface area contributed by atoms with Crippen LogP contribution in [0.25, 0.3) is 0 Å². The van der Waals surface area contributed by atoms with Crippen molar-refractivity contribution in [2.75, 3.05) is 5.32 Å². The Bertz CT molecular complexity index is 876. The fourth-order valence-electron chi connectivity index (χ4n) is 3.60. The highest BCUT2D eigenvalue weighted by Crippen LogP contribution is 2.43. The number of carbonyl (C=O) groups excluding carboxylic acids is 2. The van der Waals surface area contributed by atoms with Gasteiger partial charge in [0.2, 0.25) is 11.8 Å². The van der Waals surface area contributed by atoms with E-state index in [0.717, 1.165) is 24.5 Å². The highest BCUT2D eigenvalue weighted by atomic mass is 35.5. The molecule has 4 nitrogen and oxygen atoms in total. The van der Waals surface area contributed by atoms with E-state index in [9.17, 15) is 14.0 Å². The van der Waals surface area contributed by atoms with Gasteiger partial charge in [-0.05, 0) is 49.6 Å². The molecule has 0 spiro atoms. The predicted octanol–water partition coefficient (Wildman–Crippen LogP) is 4.34. The van der Waals surface area contributed by atoms with Gasteiger partial charge in [-0.3, -0.25) is 9.59 Å². The van der Waals surface area contributed by atoms with Gasteiger partial charge in [0.1, 0.15) is 5.82 Å². The summed E-state index contributed by atoms with van der Waals surface area (Å²) in [6.07, 6.45) is 3.23. The Morgan fingerprint density at radius 1 is 1.19 bits per heavy atom. The number of hydrogen-bond donors (Lipinski definition) is 2. The minimum atomic E-state index is -0.746. The zero-order valence-electron chi connectivity index (χ0n) is 14.4. The average molecular weight is 375 g/mol. The monoisotopic (exact) mass is 374 g/mol. The smallest absolute Gasteiger partial charge is 0.248 e. The van der Waals surface area contributed by atoms with Crippen molar-refractivity contribution >= 4 is 29.1 Å². The molecule has 0 unspecified atom stereocenters. The highest BCUT2D eigenvalue weighted by Gasteiger charge is 2.43. The summed E-state index contributed by atoms with van der Waals surface area (Å²) < 4.78 is 14.1. The van der Waals surface area contributed by atoms with Gasteiger partial charge in [-0.1, -0.05) is 36.6 Å². The maximum atomic E-state index is 14.1. The zero-order valence-corrected chi connectivity index (χ0v) is 15.2. The molecule has 0 atom stereocenters. The first-order chi connectivity index (χ1) is 12.3. The van der Waals surface area contributed by atoms with Crippen molar-refractivity contribution in [2.24, 2.45) is 5.73 Å². The van der Waals surface area contributed by atoms with Gasteiger partial charge in [-0.25, -0.2) is 4.39 Å². The van der Waals surface area contributed by atoms with Crippen molar-refractivity contribution < 1.29 is 14.0 Å². The van der Waals surface area contributed by atoms with E-state index < -0.39 is 17.1 Å². The summed E-state index contributed by atoms with van der Waals surface area (Å²) in [6, 6.07) is 9.78. The lowest BCUT2D eigenvalue weighted by Gasteiger charge is -2.29. The van der Waals surface area contributed by atoms with Crippen molar-refractivity contribution in [1.82, 2.24) is 0 Å². The molecule has 0 aliphatic heterocycles. The fourth-order valence-corrected chi connectivity index (χ4v) is 3.79. The van der Waals surface area contributed by atoms with Crippen molar-refractivity contribution in [3.63, 3.8) is 0 Å². The van der Waals surface area contributed by atoms with Gasteiger partial charge in [-0.15, -0.1) is 0 Å². The number of anilines is 1. The molecule has 0 bridgehead atoms. The summed E-state index contributed by atoms with van der Waals surface area (Å²) in [6.45, 7) is 1.55. The molecule has 6 heteroatoms. The number of rotatable bonds is 4. The van der Waals surface area contributed by atoms with Crippen LogP contribution < -0.4 is 11.1 Å². The van der Waals surface area contributed by atoms with Crippen LogP contribution in [-0.2, 0) is 10.2 Å². The lowest BCUT2D eigenvalue weighted by molar-refractivity contribution is -0.121. The predicted molar refractivity (Wildman–Crippen MR) is 99.9 cm³/mol. The van der Waals surface area contributed by atoms with E-state index >= 15 is 0 Å². The van der Waals surface area contributed by atoms with Crippen molar-refractivity contribution in [1.29, 1.82) is 0 Å². The van der Waals surface area contributed by atoms with Crippen LogP contribution in [0.15, 0.2) is 36.4 Å². The van der Waals surface area contributed by atoms with Gasteiger partial charge in [0, 0.05) is 21.8 Å². The summed E-state index contributed by atoms with van der Waals surface area (Å²) in [5.74, 6) is -1.55. The second kappa shape index (κ2) is 7.08. The Kier molecular flexibility index (Phi) is 5.01. The van der Waals surface area contributed by atoms with E-state index in [1.165, 1.54) is 6.07 Å². The van der Waals surface area contributed by atoms with Crippen LogP contribution in [0.2, 0.25) is 5.02 Å². The van der Waals surface area contributed by atoms with Gasteiger partial charge >= 0.3 is 0 Å². The lowest BCUT2D eigenvalue weighted by Crippen LogP contribution is -2.38. The number of hydrogen-bond acceptors (Lipinski definition) is 2. The number of primary amides is 1. The van der Waals surface area contributed by atoms with E-state index in [2.05, 4.69) is 5.32 Å². The third-order valence-electron chi connectivity index (χ3n) is 5.15. The molecule has 0 heterocycles. The van der Waals surface area contributed by atoms with Crippen LogP contribution in [-0.4, -0.2) is 11.8 Å². The largest absolute Gasteiger partial charge is 0.366 e. The molecular formula is C20H20ClFN2O2. The maximum Gasteiger partial charge on any atom is 0.248 e. The average Bonchev–Trinajstić information content (AvgIpc) is 3.09. The third kappa shape index (κ3) is 3.31. The molecule has 2 amide bonds. The normalized spacial score (nSPS) is 15.7. The molecule has 3 N–H and O–H groups in total. The van der Waals surface area contributed by atoms with E-state index in [1.54, 1.807) is 19.1 Å². The molecule has 136 valence electrons. The number of carbonyl (C=O) groups is 2. The number of benzene rings is 2. The topological polar surface area (TPSA) is 72.2 Å². The van der Waals surface area contributed by atoms with Crippen LogP contribution in [0.5, 0.6) is 0 Å². The summed E-state index contributed by atoms with van der Waals surface area (Å²) >= 11 is 6.12. The van der Waals surface area contributed by atoms with Crippen molar-refractivity contribution in [3.05, 3.63) is 63.9 Å². The van der Waals surface area contributed by atoms with Crippen LogP contribution in [0.4, 0.5) is 10.1 Å². The lowest BCUT2D eigenvalue weighted by atomic mass is 9.78. The first-order valence-corrected chi connectivity index (χ1v) is 8.89. The van der Waals surface area contributed by atoms with Crippen LogP contribution >= 0.6 is 11.6 Å². The Morgan fingerprint density at radius 3 is 2.50 bits per heavy atom. The summed E-state index contributed by atoms with van der Waals surface area (Å²) in [5.41, 5.74) is 5.94. The number of nitrogens with one attached hydrogen (secondary N) is 1. The quantitative estimate of drug-likeness (QED) is 0.835. The fraction of sp³-hybridized carbons (Fsp3) is 0.300. The van der Waals surface area contributed by atoms with Crippen LogP contribution in [0.3, 0.4) is 0 Å². The molecule has 2 aromatic rings. The molecule has 1 saturated carbocycles. The SMILES string of the molecule is Cc1c(F)cc(C(N)=O)cc1NC(=O)C1(c2cccc(Cl)c2)CCCC1. The summed E-state index contributed by atoms with van der Waals surface area (Å²) in [7, 11) is 0. The van der Waals surface area contributed by atoms with E-state index in [0.29, 0.717) is 17.9 Å². The van der Waals surface area contributed by atoms with Gasteiger partial charge in [-0.2, -0.15) is 0 Å². The Morgan fingerprint density at radius 2 is 1.88 bits per heavy atom. The van der Waals surface area contributed by atoms with Gasteiger partial charge in [0.15, 0.2) is 0 Å². The molecule has 1 fully saturated rings. The molecule has 1 aliphatic rings. The van der Waals surface area contributed by atoms with Crippen LogP contribution in [0, 0.1) is 12.7 Å². The summed E-state index contributed by atoms with van der Waals surface area (Å²) in [4.78, 5) is 24.6. The van der Waals surface area contributed by atoms with Gasteiger partial charge < -0.3 is 11.1 Å². The standard InChI is InChI=1S/C20H20ClFN2O2/c1-12-16(22)9-13(18(23)25)10-17(12)24-19(26)20(7-2-3-8-20)14-5-4-6-15(21)11-14/h4-6,9-11H,2-3,7-8H2,1H3,(H2,23,25)(H,24,26). The minimum absolute atomic E-state index is 0.0200. The Balaban J connectivity index is 1.99. The molecule has 0 saturated heterocycles. The number of amides is 2. The molecule has 0 aromatic heterocycles. The van der Waals surface area contributed by atoms with Crippen LogP contribution in [0.1, 0.15) is 47.2 Å². The Hall–Kier alpha value is -2.40. The maximum absolute atomic E-state index is 14.1. The van der Waals surface area contributed by atoms with Crippen molar-refractivity contribution in [2.45, 2.75) is 38.0 Å². The third-order valence-corrected chi connectivity index (χ3v) is 5.38. The van der Waals surface area contributed by atoms with E-state index in [4.69, 9.17) is 17.3 Å². The zero-order chi connectivity index (χ0) is 18.9. The van der Waals surface area contributed by atoms with E-state index in [-0.39, 0.29) is 22.7 Å². The second-order valence-electron chi connectivity index (χ2n) is 6.75. The molecule has 3 rings (SSSR count). The van der Waals surface area contributed by atoms with E-state index in [1.807, 2.05) is 12.1 Å². The van der Waals surface area contributed by atoms with Gasteiger partial charge in [0.05, 0.1) is 5.41 Å². The number of nitrogens with two attached hydrogens (primary N) is 1. The molecule has 1 aliphatic carbocycles. The molecule has 2 aromatic carbocycles. The Labute approximate surface area is 156 Å². The van der Waals surface area contributed by atoms with Crippen molar-refractivity contribution in [3.8, 4) is 0 Å². The second-order valence-corrected chi connectivity index (χ2v) is 7.19. The minimum Gasteiger partial charge on any atom is -0.366 e. The number of halogens is 2. The molecular weight excluding hydrogens is 355 g/mol. The molecule has 0 radical (unpaired) electrons. The first kappa shape index (κ1) is 18.4.